The molecular weight excluding hydrogens is 404 g/mol. The average molecular weight is 435 g/mol. The smallest absolute Gasteiger partial charge is 0.264 e. The van der Waals surface area contributed by atoms with Crippen molar-refractivity contribution < 1.29 is 22.7 Å². The Balaban J connectivity index is 2.42. The number of amides is 1. The number of benzene rings is 2. The van der Waals surface area contributed by atoms with E-state index in [4.69, 9.17) is 9.47 Å². The number of methoxy groups -OCH3 is 2. The molecule has 0 saturated carbocycles. The minimum absolute atomic E-state index is 0.102. The minimum atomic E-state index is -4.00. The molecule has 164 valence electrons. The lowest BCUT2D eigenvalue weighted by molar-refractivity contribution is -0.119. The number of carbonyl (C=O) groups is 1. The number of carbonyl (C=O) groups excluding carboxylic acids is 1. The van der Waals surface area contributed by atoms with Crippen LogP contribution in [0.1, 0.15) is 31.7 Å². The van der Waals surface area contributed by atoms with Crippen LogP contribution in [0.15, 0.2) is 47.4 Å². The van der Waals surface area contributed by atoms with Crippen molar-refractivity contribution in [1.29, 1.82) is 0 Å². The van der Waals surface area contributed by atoms with E-state index in [1.807, 2.05) is 6.92 Å². The van der Waals surface area contributed by atoms with Crippen molar-refractivity contribution in [3.05, 3.63) is 48.0 Å². The molecule has 0 bridgehead atoms. The van der Waals surface area contributed by atoms with Crippen molar-refractivity contribution in [2.24, 2.45) is 0 Å². The molecule has 0 aromatic heterocycles. The predicted molar refractivity (Wildman–Crippen MR) is 118 cm³/mol. The number of ether oxygens (including phenoxy) is 2. The fourth-order valence-corrected chi connectivity index (χ4v) is 4.35. The van der Waals surface area contributed by atoms with Crippen LogP contribution >= 0.6 is 0 Å². The summed E-state index contributed by atoms with van der Waals surface area (Å²) in [5.41, 5.74) is 1.21. The number of rotatable bonds is 11. The molecule has 0 spiro atoms. The number of nitrogens with one attached hydrogen (secondary N) is 1. The van der Waals surface area contributed by atoms with E-state index >= 15 is 0 Å². The lowest BCUT2D eigenvalue weighted by atomic mass is 10.2. The van der Waals surface area contributed by atoms with Crippen molar-refractivity contribution in [2.45, 2.75) is 38.0 Å². The zero-order chi connectivity index (χ0) is 22.1. The van der Waals surface area contributed by atoms with E-state index in [0.717, 1.165) is 29.1 Å². The van der Waals surface area contributed by atoms with Crippen molar-refractivity contribution in [1.82, 2.24) is 5.32 Å². The molecule has 0 fully saturated rings. The van der Waals surface area contributed by atoms with Crippen LogP contribution in [0, 0.1) is 6.92 Å². The van der Waals surface area contributed by atoms with E-state index in [1.165, 1.54) is 26.4 Å². The van der Waals surface area contributed by atoms with Crippen molar-refractivity contribution in [2.75, 3.05) is 31.6 Å². The van der Waals surface area contributed by atoms with Crippen LogP contribution in [0.4, 0.5) is 5.69 Å². The summed E-state index contributed by atoms with van der Waals surface area (Å²) in [5.74, 6) is 0.441. The van der Waals surface area contributed by atoms with Gasteiger partial charge in [-0.25, -0.2) is 8.42 Å². The van der Waals surface area contributed by atoms with E-state index in [-0.39, 0.29) is 23.0 Å². The summed E-state index contributed by atoms with van der Waals surface area (Å²) < 4.78 is 38.6. The third-order valence-electron chi connectivity index (χ3n) is 4.65. The molecule has 0 atom stereocenters. The molecule has 2 aromatic rings. The molecule has 30 heavy (non-hydrogen) atoms. The Bertz CT molecular complexity index is 943. The van der Waals surface area contributed by atoms with Gasteiger partial charge in [0.05, 0.1) is 24.8 Å². The fraction of sp³-hybridized carbons (Fsp3) is 0.409. The number of anilines is 1. The summed E-state index contributed by atoms with van der Waals surface area (Å²) in [5, 5.41) is 2.80. The lowest BCUT2D eigenvalue weighted by Gasteiger charge is -2.26. The normalized spacial score (nSPS) is 11.1. The van der Waals surface area contributed by atoms with Crippen LogP contribution < -0.4 is 19.1 Å². The van der Waals surface area contributed by atoms with Crippen LogP contribution in [-0.4, -0.2) is 41.6 Å². The van der Waals surface area contributed by atoms with Gasteiger partial charge >= 0.3 is 0 Å². The van der Waals surface area contributed by atoms with E-state index in [2.05, 4.69) is 12.2 Å². The summed E-state index contributed by atoms with van der Waals surface area (Å²) in [6.07, 6.45) is 2.88. The summed E-state index contributed by atoms with van der Waals surface area (Å²) in [7, 11) is -1.04. The van der Waals surface area contributed by atoms with Crippen molar-refractivity contribution >= 4 is 21.6 Å². The highest BCUT2D eigenvalue weighted by molar-refractivity contribution is 7.92. The summed E-state index contributed by atoms with van der Waals surface area (Å²) in [4.78, 5) is 12.7. The first kappa shape index (κ1) is 23.5. The standard InChI is InChI=1S/C22H30N2O5S/c1-5-6-7-14-23-22(25)16-24(20-13-10-18(28-3)15-21(20)29-4)30(26,27)19-11-8-17(2)9-12-19/h8-13,15H,5-7,14,16H2,1-4H3,(H,23,25). The number of hydrogen-bond acceptors (Lipinski definition) is 5. The van der Waals surface area contributed by atoms with Gasteiger partial charge in [0.25, 0.3) is 10.0 Å². The van der Waals surface area contributed by atoms with Crippen LogP contribution in [0.5, 0.6) is 11.5 Å². The largest absolute Gasteiger partial charge is 0.497 e. The fourth-order valence-electron chi connectivity index (χ4n) is 2.92. The van der Waals surface area contributed by atoms with Gasteiger partial charge in [-0.1, -0.05) is 37.5 Å². The number of sulfonamides is 1. The quantitative estimate of drug-likeness (QED) is 0.547. The Labute approximate surface area is 179 Å². The van der Waals surface area contributed by atoms with Gasteiger partial charge in [-0.3, -0.25) is 9.10 Å². The maximum absolute atomic E-state index is 13.4. The number of nitrogens with zero attached hydrogens (tertiary/aromatic N) is 1. The Morgan fingerprint density at radius 3 is 2.33 bits per heavy atom. The Kier molecular flexibility index (Phi) is 8.53. The predicted octanol–water partition coefficient (Wildman–Crippen LogP) is 3.51. The van der Waals surface area contributed by atoms with Crippen LogP contribution in [0.25, 0.3) is 0 Å². The third-order valence-corrected chi connectivity index (χ3v) is 6.43. The Hall–Kier alpha value is -2.74. The van der Waals surface area contributed by atoms with Crippen LogP contribution in [0.3, 0.4) is 0 Å². The van der Waals surface area contributed by atoms with Gasteiger partial charge < -0.3 is 14.8 Å². The van der Waals surface area contributed by atoms with Gasteiger partial charge in [0.1, 0.15) is 18.0 Å². The second kappa shape index (κ2) is 10.9. The topological polar surface area (TPSA) is 84.9 Å². The Morgan fingerprint density at radius 2 is 1.73 bits per heavy atom. The molecule has 1 N–H and O–H groups in total. The van der Waals surface area contributed by atoms with Gasteiger partial charge in [0.2, 0.25) is 5.91 Å². The van der Waals surface area contributed by atoms with Crippen molar-refractivity contribution in [3.8, 4) is 11.5 Å². The number of hydrogen-bond donors (Lipinski definition) is 1. The van der Waals surface area contributed by atoms with Gasteiger partial charge in [0, 0.05) is 12.6 Å². The highest BCUT2D eigenvalue weighted by Gasteiger charge is 2.29. The molecule has 8 heteroatoms. The van der Waals surface area contributed by atoms with Gasteiger partial charge in [0.15, 0.2) is 0 Å². The summed E-state index contributed by atoms with van der Waals surface area (Å²) >= 11 is 0. The molecule has 2 aromatic carbocycles. The van der Waals surface area contributed by atoms with Gasteiger partial charge in [-0.2, -0.15) is 0 Å². The highest BCUT2D eigenvalue weighted by Crippen LogP contribution is 2.35. The van der Waals surface area contributed by atoms with E-state index in [9.17, 15) is 13.2 Å². The molecule has 1 amide bonds. The Morgan fingerprint density at radius 1 is 1.03 bits per heavy atom. The zero-order valence-corrected chi connectivity index (χ0v) is 18.8. The number of aryl methyl sites for hydroxylation is 1. The molecule has 0 aliphatic heterocycles. The van der Waals surface area contributed by atoms with Crippen LogP contribution in [-0.2, 0) is 14.8 Å². The van der Waals surface area contributed by atoms with Crippen LogP contribution in [0.2, 0.25) is 0 Å². The molecule has 2 rings (SSSR count). The maximum Gasteiger partial charge on any atom is 0.264 e. The molecule has 0 aliphatic carbocycles. The van der Waals surface area contributed by atoms with E-state index in [1.54, 1.807) is 30.3 Å². The van der Waals surface area contributed by atoms with Gasteiger partial charge in [-0.15, -0.1) is 0 Å². The van der Waals surface area contributed by atoms with Crippen molar-refractivity contribution in [3.63, 3.8) is 0 Å². The summed E-state index contributed by atoms with van der Waals surface area (Å²) in [6, 6.07) is 11.3. The maximum atomic E-state index is 13.4. The lowest BCUT2D eigenvalue weighted by Crippen LogP contribution is -2.41. The first-order chi connectivity index (χ1) is 14.3. The minimum Gasteiger partial charge on any atom is -0.497 e. The second-order valence-electron chi connectivity index (χ2n) is 6.92. The molecule has 7 nitrogen and oxygen atoms in total. The SMILES string of the molecule is CCCCCNC(=O)CN(c1ccc(OC)cc1OC)S(=O)(=O)c1ccc(C)cc1. The third kappa shape index (κ3) is 5.89. The molecule has 0 heterocycles. The first-order valence-corrected chi connectivity index (χ1v) is 11.4. The van der Waals surface area contributed by atoms with E-state index in [0.29, 0.717) is 18.0 Å². The molecule has 0 radical (unpaired) electrons. The van der Waals surface area contributed by atoms with Gasteiger partial charge in [-0.05, 0) is 37.6 Å². The molecule has 0 unspecified atom stereocenters. The second-order valence-corrected chi connectivity index (χ2v) is 8.78. The monoisotopic (exact) mass is 434 g/mol. The zero-order valence-electron chi connectivity index (χ0n) is 18.0. The molecule has 0 aliphatic rings. The average Bonchev–Trinajstić information content (AvgIpc) is 2.75. The van der Waals surface area contributed by atoms with E-state index < -0.39 is 10.0 Å². The summed E-state index contributed by atoms with van der Waals surface area (Å²) in [6.45, 7) is 4.11. The molecular formula is C22H30N2O5S. The highest BCUT2D eigenvalue weighted by atomic mass is 32.2. The molecule has 0 saturated heterocycles. The number of unbranched alkanes of at least 4 members (excludes halogenated alkanes) is 2. The first-order valence-electron chi connectivity index (χ1n) is 9.91.